The predicted molar refractivity (Wildman–Crippen MR) is 117 cm³/mol. The Bertz CT molecular complexity index is 925. The maximum Gasteiger partial charge on any atom is 0.314 e. The number of amides is 3. The van der Waals surface area contributed by atoms with Crippen molar-refractivity contribution in [3.8, 4) is 0 Å². The van der Waals surface area contributed by atoms with E-state index in [0.717, 1.165) is 31.6 Å². The molecular weight excluding hydrogens is 396 g/mol. The van der Waals surface area contributed by atoms with Gasteiger partial charge in [-0.3, -0.25) is 19.3 Å². The molecule has 1 aliphatic heterocycles. The molecule has 3 rings (SSSR count). The molecule has 166 valence electrons. The van der Waals surface area contributed by atoms with Crippen molar-refractivity contribution < 1.29 is 14.4 Å². The topological polar surface area (TPSA) is 99.6 Å². The summed E-state index contributed by atoms with van der Waals surface area (Å²) in [5.74, 6) is -1.11. The summed E-state index contributed by atoms with van der Waals surface area (Å²) in [6.07, 6.45) is 2.75. The van der Waals surface area contributed by atoms with Gasteiger partial charge in [-0.05, 0) is 18.9 Å². The van der Waals surface area contributed by atoms with Crippen molar-refractivity contribution in [2.24, 2.45) is 0 Å². The summed E-state index contributed by atoms with van der Waals surface area (Å²) in [6.45, 7) is 4.58. The van der Waals surface area contributed by atoms with Crippen molar-refractivity contribution in [3.05, 3.63) is 47.7 Å². The molecule has 31 heavy (non-hydrogen) atoms. The normalized spacial score (nSPS) is 16.2. The lowest BCUT2D eigenvalue weighted by Gasteiger charge is -2.18. The van der Waals surface area contributed by atoms with E-state index < -0.39 is 11.8 Å². The van der Waals surface area contributed by atoms with Crippen LogP contribution in [-0.2, 0) is 20.9 Å². The number of benzene rings is 1. The van der Waals surface area contributed by atoms with Crippen LogP contribution in [0.15, 0.2) is 36.5 Å². The Kier molecular flexibility index (Phi) is 7.41. The number of aryl methyl sites for hydroxylation is 1. The van der Waals surface area contributed by atoms with Gasteiger partial charge in [0.2, 0.25) is 5.91 Å². The fourth-order valence-electron chi connectivity index (χ4n) is 3.63. The van der Waals surface area contributed by atoms with Crippen molar-refractivity contribution >= 4 is 23.5 Å². The molecule has 0 bridgehead atoms. The third-order valence-electron chi connectivity index (χ3n) is 5.38. The number of carbonyl (C=O) groups is 3. The van der Waals surface area contributed by atoms with Crippen LogP contribution < -0.4 is 10.6 Å². The first-order valence-electron chi connectivity index (χ1n) is 10.4. The molecule has 0 unspecified atom stereocenters. The number of carbonyl (C=O) groups excluding carboxylic acids is 3. The van der Waals surface area contributed by atoms with Crippen molar-refractivity contribution in [2.45, 2.75) is 32.4 Å². The van der Waals surface area contributed by atoms with Crippen molar-refractivity contribution in [2.75, 3.05) is 39.0 Å². The van der Waals surface area contributed by atoms with Gasteiger partial charge in [0.05, 0.1) is 12.2 Å². The number of anilines is 1. The zero-order valence-electron chi connectivity index (χ0n) is 18.3. The van der Waals surface area contributed by atoms with E-state index in [4.69, 9.17) is 0 Å². The van der Waals surface area contributed by atoms with Crippen LogP contribution in [0.25, 0.3) is 0 Å². The molecule has 1 aliphatic rings. The Morgan fingerprint density at radius 1 is 1.16 bits per heavy atom. The molecule has 0 radical (unpaired) electrons. The van der Waals surface area contributed by atoms with Crippen molar-refractivity contribution in [1.82, 2.24) is 24.9 Å². The number of likely N-dealkylation sites (tertiary alicyclic amines) is 1. The zero-order valence-corrected chi connectivity index (χ0v) is 18.3. The Hall–Kier alpha value is -3.20. The summed E-state index contributed by atoms with van der Waals surface area (Å²) in [5.41, 5.74) is 2.06. The molecule has 1 atom stereocenters. The summed E-state index contributed by atoms with van der Waals surface area (Å²) in [4.78, 5) is 39.9. The number of nitrogens with one attached hydrogen (secondary N) is 2. The minimum Gasteiger partial charge on any atom is -0.349 e. The molecule has 0 saturated carbocycles. The van der Waals surface area contributed by atoms with E-state index in [9.17, 15) is 14.4 Å². The molecule has 0 spiro atoms. The van der Waals surface area contributed by atoms with E-state index in [1.54, 1.807) is 25.0 Å². The van der Waals surface area contributed by atoms with Crippen LogP contribution in [0.5, 0.6) is 0 Å². The molecule has 1 aromatic carbocycles. The molecule has 2 heterocycles. The van der Waals surface area contributed by atoms with Crippen LogP contribution >= 0.6 is 0 Å². The highest BCUT2D eigenvalue weighted by Crippen LogP contribution is 2.27. The minimum absolute atomic E-state index is 0.110. The molecule has 2 N–H and O–H groups in total. The van der Waals surface area contributed by atoms with Gasteiger partial charge in [-0.2, -0.15) is 5.10 Å². The SMILES string of the molecule is Cc1cnn([C@@H]2CCN(Cc3ccccc3)C2)c1NC(=O)C(=O)NCCC(=O)N(C)C. The molecule has 1 aromatic heterocycles. The summed E-state index contributed by atoms with van der Waals surface area (Å²) in [7, 11) is 3.29. The van der Waals surface area contributed by atoms with Crippen LogP contribution in [0.3, 0.4) is 0 Å². The van der Waals surface area contributed by atoms with E-state index in [1.165, 1.54) is 10.5 Å². The van der Waals surface area contributed by atoms with E-state index in [0.29, 0.717) is 5.82 Å². The van der Waals surface area contributed by atoms with E-state index in [2.05, 4.69) is 32.8 Å². The van der Waals surface area contributed by atoms with Crippen LogP contribution in [0.1, 0.15) is 30.0 Å². The second-order valence-electron chi connectivity index (χ2n) is 8.03. The fraction of sp³-hybridized carbons (Fsp3) is 0.455. The summed E-state index contributed by atoms with van der Waals surface area (Å²) in [5, 5.41) is 9.63. The lowest BCUT2D eigenvalue weighted by Crippen LogP contribution is -2.38. The van der Waals surface area contributed by atoms with Gasteiger partial charge < -0.3 is 15.5 Å². The fourth-order valence-corrected chi connectivity index (χ4v) is 3.63. The summed E-state index contributed by atoms with van der Waals surface area (Å²) >= 11 is 0. The highest BCUT2D eigenvalue weighted by molar-refractivity contribution is 6.39. The smallest absolute Gasteiger partial charge is 0.314 e. The van der Waals surface area contributed by atoms with Crippen molar-refractivity contribution in [1.29, 1.82) is 0 Å². The maximum absolute atomic E-state index is 12.4. The van der Waals surface area contributed by atoms with Gasteiger partial charge in [0.25, 0.3) is 0 Å². The average molecular weight is 427 g/mol. The first-order chi connectivity index (χ1) is 14.8. The standard InChI is InChI=1S/C22H30N6O3/c1-16-13-24-28(18-10-12-27(15-18)14-17-7-5-4-6-8-17)20(16)25-22(31)21(30)23-11-9-19(29)26(2)3/h4-8,13,18H,9-12,14-15H2,1-3H3,(H,23,30)(H,25,31)/t18-/m1/s1. The Morgan fingerprint density at radius 3 is 2.61 bits per heavy atom. The molecule has 9 nitrogen and oxygen atoms in total. The summed E-state index contributed by atoms with van der Waals surface area (Å²) < 4.78 is 1.81. The highest BCUT2D eigenvalue weighted by atomic mass is 16.2. The van der Waals surface area contributed by atoms with Gasteiger partial charge >= 0.3 is 11.8 Å². The maximum atomic E-state index is 12.4. The summed E-state index contributed by atoms with van der Waals surface area (Å²) in [6, 6.07) is 10.4. The second-order valence-corrected chi connectivity index (χ2v) is 8.03. The molecule has 9 heteroatoms. The first-order valence-corrected chi connectivity index (χ1v) is 10.4. The number of rotatable bonds is 7. The van der Waals surface area contributed by atoms with E-state index in [-0.39, 0.29) is 24.9 Å². The zero-order chi connectivity index (χ0) is 22.4. The third-order valence-corrected chi connectivity index (χ3v) is 5.38. The van der Waals surface area contributed by atoms with E-state index >= 15 is 0 Å². The van der Waals surface area contributed by atoms with Crippen LogP contribution in [0, 0.1) is 6.92 Å². The lowest BCUT2D eigenvalue weighted by molar-refractivity contribution is -0.136. The largest absolute Gasteiger partial charge is 0.349 e. The van der Waals surface area contributed by atoms with Crippen LogP contribution in [0.4, 0.5) is 5.82 Å². The van der Waals surface area contributed by atoms with Gasteiger partial charge in [-0.1, -0.05) is 30.3 Å². The molecule has 3 amide bonds. The van der Waals surface area contributed by atoms with Gasteiger partial charge in [0.15, 0.2) is 0 Å². The lowest BCUT2D eigenvalue weighted by atomic mass is 10.2. The third kappa shape index (κ3) is 5.91. The first kappa shape index (κ1) is 22.5. The predicted octanol–water partition coefficient (Wildman–Crippen LogP) is 1.17. The number of hydrogen-bond donors (Lipinski definition) is 2. The van der Waals surface area contributed by atoms with Gasteiger partial charge in [-0.25, -0.2) is 4.68 Å². The number of nitrogens with zero attached hydrogens (tertiary/aromatic N) is 4. The van der Waals surface area contributed by atoms with Crippen molar-refractivity contribution in [3.63, 3.8) is 0 Å². The molecule has 0 aliphatic carbocycles. The number of aromatic nitrogens is 2. The minimum atomic E-state index is -0.768. The molecule has 2 aromatic rings. The number of hydrogen-bond acceptors (Lipinski definition) is 5. The Labute approximate surface area is 182 Å². The van der Waals surface area contributed by atoms with E-state index in [1.807, 2.05) is 25.1 Å². The van der Waals surface area contributed by atoms with Crippen LogP contribution in [0.2, 0.25) is 0 Å². The van der Waals surface area contributed by atoms with Crippen LogP contribution in [-0.4, -0.2) is 71.0 Å². The second kappa shape index (κ2) is 10.2. The Morgan fingerprint density at radius 2 is 1.90 bits per heavy atom. The molecule has 1 saturated heterocycles. The van der Waals surface area contributed by atoms with Gasteiger partial charge in [0.1, 0.15) is 5.82 Å². The molecule has 1 fully saturated rings. The quantitative estimate of drug-likeness (QED) is 0.648. The highest BCUT2D eigenvalue weighted by Gasteiger charge is 2.28. The van der Waals surface area contributed by atoms with Gasteiger partial charge in [0, 0.05) is 52.3 Å². The molecular formula is C22H30N6O3. The average Bonchev–Trinajstić information content (AvgIpc) is 3.35. The Balaban J connectivity index is 1.56. The van der Waals surface area contributed by atoms with Gasteiger partial charge in [-0.15, -0.1) is 0 Å². The monoisotopic (exact) mass is 426 g/mol.